The molecule has 8 rings (SSSR count). The number of sulfonamides is 1. The molecular weight excluding hydrogens is 1060 g/mol. The van der Waals surface area contributed by atoms with Crippen LogP contribution in [0.3, 0.4) is 0 Å². The van der Waals surface area contributed by atoms with Crippen molar-refractivity contribution in [2.45, 2.75) is 86.9 Å². The number of nitrogens with zero attached hydrogens (tertiary/aromatic N) is 5. The lowest BCUT2D eigenvalue weighted by molar-refractivity contribution is -0.140. The van der Waals surface area contributed by atoms with E-state index in [0.717, 1.165) is 109 Å². The summed E-state index contributed by atoms with van der Waals surface area (Å²) in [6.07, 6.45) is 10.9. The summed E-state index contributed by atoms with van der Waals surface area (Å²) in [6, 6.07) is 18.6. The number of aromatic nitrogens is 2. The van der Waals surface area contributed by atoms with Crippen molar-refractivity contribution in [3.05, 3.63) is 107 Å². The molecule has 2 saturated heterocycles. The number of esters is 1. The van der Waals surface area contributed by atoms with Crippen LogP contribution < -0.4 is 19.7 Å². The molecule has 2 aliphatic heterocycles. The predicted molar refractivity (Wildman–Crippen MR) is 293 cm³/mol. The van der Waals surface area contributed by atoms with Crippen molar-refractivity contribution in [1.29, 1.82) is 0 Å². The molecule has 3 N–H and O–H groups in total. The average molecular weight is 1130 g/mol. The Morgan fingerprint density at radius 1 is 0.818 bits per heavy atom. The number of rotatable bonds is 22. The van der Waals surface area contributed by atoms with Gasteiger partial charge in [0.05, 0.1) is 29.5 Å². The summed E-state index contributed by atoms with van der Waals surface area (Å²) in [4.78, 5) is 39.8. The summed E-state index contributed by atoms with van der Waals surface area (Å²) in [5, 5.41) is 4.19. The van der Waals surface area contributed by atoms with Crippen LogP contribution in [0.2, 0.25) is 5.02 Å². The number of anilines is 2. The second kappa shape index (κ2) is 25.0. The Morgan fingerprint density at radius 3 is 2.21 bits per heavy atom. The second-order valence-corrected chi connectivity index (χ2v) is 24.8. The fourth-order valence-corrected chi connectivity index (χ4v) is 12.4. The first-order valence-corrected chi connectivity index (χ1v) is 29.5. The van der Waals surface area contributed by atoms with Gasteiger partial charge in [0.15, 0.2) is 0 Å². The normalized spacial score (nSPS) is 17.2. The van der Waals surface area contributed by atoms with Gasteiger partial charge in [0.1, 0.15) is 22.0 Å². The number of ether oxygens (including phenoxy) is 2. The maximum Gasteiger partial charge on any atom is 0.501 e. The molecule has 0 radical (unpaired) electrons. The first kappa shape index (κ1) is 57.5. The molecule has 2 aromatic heterocycles. The van der Waals surface area contributed by atoms with Crippen molar-refractivity contribution in [3.8, 4) is 11.5 Å². The molecule has 416 valence electrons. The van der Waals surface area contributed by atoms with E-state index in [2.05, 4.69) is 65.6 Å². The summed E-state index contributed by atoms with van der Waals surface area (Å²) in [6.45, 7) is 13.1. The van der Waals surface area contributed by atoms with Crippen molar-refractivity contribution in [2.75, 3.05) is 95.9 Å². The van der Waals surface area contributed by atoms with Gasteiger partial charge in [0, 0.05) is 100 Å². The van der Waals surface area contributed by atoms with Crippen LogP contribution in [0.4, 0.5) is 24.5 Å². The van der Waals surface area contributed by atoms with Gasteiger partial charge >= 0.3 is 11.5 Å². The zero-order chi connectivity index (χ0) is 55.0. The minimum atomic E-state index is -6.07. The van der Waals surface area contributed by atoms with Gasteiger partial charge in [-0.2, -0.15) is 13.2 Å². The molecule has 3 aromatic carbocycles. The Bertz CT molecular complexity index is 3140. The van der Waals surface area contributed by atoms with Gasteiger partial charge in [0.25, 0.3) is 25.8 Å². The highest BCUT2D eigenvalue weighted by Gasteiger charge is 2.48. The summed E-state index contributed by atoms with van der Waals surface area (Å²) in [7, 11) is -9.67. The van der Waals surface area contributed by atoms with Crippen molar-refractivity contribution < 1.29 is 49.1 Å². The Labute approximate surface area is 454 Å². The molecule has 0 saturated carbocycles. The Hall–Kier alpha value is -5.71. The van der Waals surface area contributed by atoms with Crippen molar-refractivity contribution in [1.82, 2.24) is 29.4 Å². The van der Waals surface area contributed by atoms with Gasteiger partial charge in [0.2, 0.25) is 0 Å². The van der Waals surface area contributed by atoms with Crippen LogP contribution in [0, 0.1) is 5.41 Å². The number of alkyl halides is 3. The quantitative estimate of drug-likeness (QED) is 0.0439. The zero-order valence-corrected chi connectivity index (χ0v) is 46.2. The van der Waals surface area contributed by atoms with E-state index in [4.69, 9.17) is 16.3 Å². The fraction of sp³-hybridized carbons (Fsp3) is 0.473. The standard InChI is InChI=1S/C55H68ClF3N8O8S2/c1-54(2)20-18-41(47(36-54)39-10-12-42(56)13-11-39)38-66-29-31-67(32-30-66)43-14-16-46(49(34-43)75-44-33-40-19-22-61-52(40)62-37-44)53(69)63-77(72,73)45-15-17-48(50(35-45)76(70,71)55(57,58)59)60-21-8-24-65-27-25-64(26-28-65)23-7-5-4-6-9-51(68)74-3/h10-17,19,22,33-35,37,60H,4-9,18,20-21,23-32,36,38H2,1-3H3,(H,61,62)(H,63,69). The van der Waals surface area contributed by atoms with E-state index < -0.39 is 46.8 Å². The number of methoxy groups -OCH3 is 1. The number of pyridine rings is 1. The molecule has 77 heavy (non-hydrogen) atoms. The van der Waals surface area contributed by atoms with Crippen LogP contribution in [-0.2, 0) is 29.4 Å². The number of hydrogen-bond acceptors (Lipinski definition) is 14. The molecule has 4 heterocycles. The number of allylic oxidation sites excluding steroid dienone is 1. The summed E-state index contributed by atoms with van der Waals surface area (Å²) in [5.74, 6) is -1.13. The molecular formula is C55H68ClF3N8O8S2. The van der Waals surface area contributed by atoms with Crippen molar-refractivity contribution in [2.24, 2.45) is 5.41 Å². The number of H-pyrrole nitrogens is 1. The molecule has 0 bridgehead atoms. The van der Waals surface area contributed by atoms with Crippen LogP contribution in [-0.4, -0.2) is 145 Å². The lowest BCUT2D eigenvalue weighted by Crippen LogP contribution is -2.47. The topological polar surface area (TPSA) is 187 Å². The van der Waals surface area contributed by atoms with Crippen LogP contribution >= 0.6 is 11.6 Å². The number of fused-ring (bicyclic) bond motifs is 1. The van der Waals surface area contributed by atoms with E-state index in [1.54, 1.807) is 30.5 Å². The van der Waals surface area contributed by atoms with Crippen LogP contribution in [0.25, 0.3) is 16.6 Å². The van der Waals surface area contributed by atoms with E-state index in [0.29, 0.717) is 60.3 Å². The van der Waals surface area contributed by atoms with Crippen molar-refractivity contribution >= 4 is 71.3 Å². The number of carbonyl (C=O) groups excluding carboxylic acids is 2. The molecule has 1 aliphatic carbocycles. The number of amides is 1. The van der Waals surface area contributed by atoms with E-state index >= 15 is 0 Å². The van der Waals surface area contributed by atoms with Crippen LogP contribution in [0.15, 0.2) is 101 Å². The number of hydrogen-bond donors (Lipinski definition) is 3. The van der Waals surface area contributed by atoms with Gasteiger partial charge in [-0.3, -0.25) is 14.5 Å². The third-order valence-corrected chi connectivity index (χ3v) is 17.8. The first-order chi connectivity index (χ1) is 36.7. The van der Waals surface area contributed by atoms with Gasteiger partial charge in [-0.15, -0.1) is 0 Å². The van der Waals surface area contributed by atoms with Gasteiger partial charge in [-0.1, -0.05) is 56.0 Å². The monoisotopic (exact) mass is 1120 g/mol. The number of aromatic amines is 1. The Morgan fingerprint density at radius 2 is 1.51 bits per heavy atom. The van der Waals surface area contributed by atoms with Gasteiger partial charge in [-0.25, -0.2) is 26.5 Å². The number of halogens is 4. The number of carbonyl (C=O) groups is 2. The molecule has 0 spiro atoms. The third kappa shape index (κ3) is 14.9. The third-order valence-electron chi connectivity index (χ3n) is 14.7. The first-order valence-electron chi connectivity index (χ1n) is 26.2. The smallest absolute Gasteiger partial charge is 0.469 e. The maximum absolute atomic E-state index is 14.2. The molecule has 5 aromatic rings. The summed E-state index contributed by atoms with van der Waals surface area (Å²) >= 11 is 6.25. The van der Waals surface area contributed by atoms with E-state index in [1.807, 2.05) is 16.9 Å². The van der Waals surface area contributed by atoms with Gasteiger partial charge < -0.3 is 34.5 Å². The minimum Gasteiger partial charge on any atom is -0.469 e. The largest absolute Gasteiger partial charge is 0.501 e. The van der Waals surface area contributed by atoms with Crippen LogP contribution in [0.1, 0.15) is 87.6 Å². The van der Waals surface area contributed by atoms with E-state index in [-0.39, 0.29) is 35.0 Å². The highest BCUT2D eigenvalue weighted by atomic mass is 35.5. The molecule has 0 atom stereocenters. The van der Waals surface area contributed by atoms with Crippen LogP contribution in [0.5, 0.6) is 11.5 Å². The lowest BCUT2D eigenvalue weighted by atomic mass is 9.72. The highest BCUT2D eigenvalue weighted by Crippen LogP contribution is 2.44. The van der Waals surface area contributed by atoms with E-state index in [1.165, 1.54) is 36.1 Å². The number of unbranched alkanes of at least 4 members (excludes halogenated alkanes) is 3. The number of sulfone groups is 1. The molecule has 16 nitrogen and oxygen atoms in total. The lowest BCUT2D eigenvalue weighted by Gasteiger charge is -2.39. The van der Waals surface area contributed by atoms with Crippen molar-refractivity contribution in [3.63, 3.8) is 0 Å². The average Bonchev–Trinajstić information content (AvgIpc) is 3.89. The number of nitrogens with one attached hydrogen (secondary N) is 3. The van der Waals surface area contributed by atoms with E-state index in [9.17, 15) is 39.6 Å². The molecule has 1 amide bonds. The Kier molecular flexibility index (Phi) is 18.6. The Balaban J connectivity index is 0.930. The summed E-state index contributed by atoms with van der Waals surface area (Å²) < 4.78 is 109. The molecule has 0 unspecified atom stereocenters. The number of piperazine rings is 2. The SMILES string of the molecule is COC(=O)CCCCCCN1CCN(CCCNc2ccc(S(=O)(=O)NC(=O)c3ccc(N4CCN(CC5=C(c6ccc(Cl)cc6)CC(C)(C)CC5)CC4)cc3Oc3cnc4[nH]ccc4c3)cc2S(=O)(=O)C(F)(F)F)CC1. The number of benzene rings is 3. The predicted octanol–water partition coefficient (Wildman–Crippen LogP) is 9.75. The van der Waals surface area contributed by atoms with Gasteiger partial charge in [-0.05, 0) is 123 Å². The molecule has 2 fully saturated rings. The fourth-order valence-electron chi connectivity index (χ4n) is 10.2. The summed E-state index contributed by atoms with van der Waals surface area (Å²) in [5.41, 5.74) is -0.956. The zero-order valence-electron chi connectivity index (χ0n) is 43.8. The maximum atomic E-state index is 14.2. The molecule has 3 aliphatic rings. The highest BCUT2D eigenvalue weighted by molar-refractivity contribution is 7.92. The molecule has 22 heteroatoms. The second-order valence-electron chi connectivity index (χ2n) is 20.8. The minimum absolute atomic E-state index is 0.0147.